The maximum atomic E-state index is 6.00. The number of anilines is 2. The van der Waals surface area contributed by atoms with Crippen molar-refractivity contribution in [2.75, 3.05) is 17.7 Å². The summed E-state index contributed by atoms with van der Waals surface area (Å²) in [6.07, 6.45) is 5.46. The largest absolute Gasteiger partial charge is 0.489 e. The van der Waals surface area contributed by atoms with E-state index in [-0.39, 0.29) is 6.10 Å². The fraction of sp³-hybridized carbons (Fsp3) is 0.647. The van der Waals surface area contributed by atoms with Crippen LogP contribution in [-0.4, -0.2) is 19.2 Å². The molecule has 3 heteroatoms. The summed E-state index contributed by atoms with van der Waals surface area (Å²) in [4.78, 5) is 2.40. The molecule has 1 aromatic carbocycles. The molecule has 2 rings (SSSR count). The van der Waals surface area contributed by atoms with Gasteiger partial charge in [0.25, 0.3) is 0 Å². The number of benzene rings is 1. The number of ether oxygens (including phenoxy) is 1. The smallest absolute Gasteiger partial charge is 0.144 e. The number of nitrogens with zero attached hydrogens (tertiary/aromatic N) is 1. The lowest BCUT2D eigenvalue weighted by Crippen LogP contribution is -2.39. The second-order valence-corrected chi connectivity index (χ2v) is 6.33. The molecule has 1 aromatic rings. The van der Waals surface area contributed by atoms with Crippen LogP contribution in [-0.2, 0) is 0 Å². The van der Waals surface area contributed by atoms with Crippen molar-refractivity contribution in [1.82, 2.24) is 0 Å². The minimum Gasteiger partial charge on any atom is -0.489 e. The van der Waals surface area contributed by atoms with E-state index in [9.17, 15) is 0 Å². The van der Waals surface area contributed by atoms with Gasteiger partial charge in [-0.25, -0.2) is 0 Å². The van der Waals surface area contributed by atoms with Gasteiger partial charge in [-0.2, -0.15) is 0 Å². The fourth-order valence-electron chi connectivity index (χ4n) is 3.16. The molecule has 0 heterocycles. The molecule has 1 aliphatic carbocycles. The van der Waals surface area contributed by atoms with E-state index in [1.165, 1.54) is 31.4 Å². The molecule has 2 atom stereocenters. The molecule has 0 aliphatic heterocycles. The van der Waals surface area contributed by atoms with Gasteiger partial charge in [-0.05, 0) is 44.7 Å². The van der Waals surface area contributed by atoms with Gasteiger partial charge in [0.05, 0.1) is 11.8 Å². The van der Waals surface area contributed by atoms with Crippen molar-refractivity contribution in [2.45, 2.75) is 58.6 Å². The lowest BCUT2D eigenvalue weighted by atomic mass is 9.85. The zero-order valence-corrected chi connectivity index (χ0v) is 13.2. The van der Waals surface area contributed by atoms with Gasteiger partial charge in [0, 0.05) is 24.8 Å². The first-order valence-electron chi connectivity index (χ1n) is 7.78. The zero-order valence-electron chi connectivity index (χ0n) is 13.2. The summed E-state index contributed by atoms with van der Waals surface area (Å²) in [6, 6.07) is 6.76. The molecule has 0 spiro atoms. The van der Waals surface area contributed by atoms with Crippen molar-refractivity contribution in [1.29, 1.82) is 0 Å². The molecular weight excluding hydrogens is 248 g/mol. The lowest BCUT2D eigenvalue weighted by Gasteiger charge is -2.38. The van der Waals surface area contributed by atoms with Crippen LogP contribution in [0.3, 0.4) is 0 Å². The first-order chi connectivity index (χ1) is 9.49. The van der Waals surface area contributed by atoms with Crippen LogP contribution in [0.5, 0.6) is 5.75 Å². The molecule has 0 amide bonds. The summed E-state index contributed by atoms with van der Waals surface area (Å²) < 4.78 is 5.80. The minimum atomic E-state index is 0.145. The molecule has 0 aromatic heterocycles. The molecule has 112 valence electrons. The van der Waals surface area contributed by atoms with Gasteiger partial charge in [0.15, 0.2) is 0 Å². The number of rotatable bonds is 4. The van der Waals surface area contributed by atoms with Crippen molar-refractivity contribution in [2.24, 2.45) is 5.92 Å². The quantitative estimate of drug-likeness (QED) is 0.842. The molecule has 1 fully saturated rings. The Bertz CT molecular complexity index is 445. The van der Waals surface area contributed by atoms with Crippen LogP contribution in [0.1, 0.15) is 46.5 Å². The average Bonchev–Trinajstić information content (AvgIpc) is 2.40. The van der Waals surface area contributed by atoms with Gasteiger partial charge >= 0.3 is 0 Å². The van der Waals surface area contributed by atoms with Crippen LogP contribution in [0.2, 0.25) is 0 Å². The highest BCUT2D eigenvalue weighted by Gasteiger charge is 2.25. The van der Waals surface area contributed by atoms with Crippen LogP contribution in [0.25, 0.3) is 0 Å². The first kappa shape index (κ1) is 15.0. The van der Waals surface area contributed by atoms with E-state index >= 15 is 0 Å². The van der Waals surface area contributed by atoms with Crippen LogP contribution in [0.15, 0.2) is 18.2 Å². The number of nitrogen functional groups attached to an aromatic ring is 1. The van der Waals surface area contributed by atoms with Gasteiger partial charge < -0.3 is 15.4 Å². The monoisotopic (exact) mass is 276 g/mol. The Morgan fingerprint density at radius 3 is 2.60 bits per heavy atom. The van der Waals surface area contributed by atoms with Crippen molar-refractivity contribution in [3.8, 4) is 5.75 Å². The van der Waals surface area contributed by atoms with Crippen LogP contribution in [0.4, 0.5) is 11.4 Å². The van der Waals surface area contributed by atoms with Gasteiger partial charge in [-0.15, -0.1) is 0 Å². The summed E-state index contributed by atoms with van der Waals surface area (Å²) in [5.74, 6) is 1.55. The maximum Gasteiger partial charge on any atom is 0.144 e. The molecule has 3 nitrogen and oxygen atoms in total. The van der Waals surface area contributed by atoms with Crippen LogP contribution < -0.4 is 15.4 Å². The van der Waals surface area contributed by atoms with Crippen molar-refractivity contribution in [3.05, 3.63) is 18.2 Å². The standard InChI is InChI=1S/C17H28N2O/c1-12(2)20-17-11-14(9-10-15(17)18)19(4)16-8-6-5-7-13(16)3/h9-13,16H,5-8,18H2,1-4H3. The minimum absolute atomic E-state index is 0.145. The summed E-state index contributed by atoms with van der Waals surface area (Å²) >= 11 is 0. The third kappa shape index (κ3) is 3.38. The summed E-state index contributed by atoms with van der Waals surface area (Å²) in [6.45, 7) is 6.42. The summed E-state index contributed by atoms with van der Waals surface area (Å²) in [7, 11) is 2.19. The molecule has 2 unspecified atom stereocenters. The SMILES string of the molecule is CC(C)Oc1cc(N(C)C2CCCCC2C)ccc1N. The Balaban J connectivity index is 2.18. The Labute approximate surface area is 123 Å². The molecule has 0 saturated heterocycles. The van der Waals surface area contributed by atoms with E-state index in [1.807, 2.05) is 19.9 Å². The van der Waals surface area contributed by atoms with E-state index in [0.717, 1.165) is 11.7 Å². The Morgan fingerprint density at radius 2 is 1.95 bits per heavy atom. The Morgan fingerprint density at radius 1 is 1.25 bits per heavy atom. The average molecular weight is 276 g/mol. The third-order valence-corrected chi connectivity index (χ3v) is 4.33. The number of nitrogens with two attached hydrogens (primary N) is 1. The summed E-state index contributed by atoms with van der Waals surface area (Å²) in [5.41, 5.74) is 7.92. The Hall–Kier alpha value is -1.38. The molecular formula is C17H28N2O. The van der Waals surface area contributed by atoms with Gasteiger partial charge in [0.1, 0.15) is 5.75 Å². The maximum absolute atomic E-state index is 6.00. The topological polar surface area (TPSA) is 38.5 Å². The highest BCUT2D eigenvalue weighted by atomic mass is 16.5. The summed E-state index contributed by atoms with van der Waals surface area (Å²) in [5, 5.41) is 0. The van der Waals surface area contributed by atoms with Gasteiger partial charge in [0.2, 0.25) is 0 Å². The zero-order chi connectivity index (χ0) is 14.7. The predicted octanol–water partition coefficient (Wildman–Crippen LogP) is 4.07. The van der Waals surface area contributed by atoms with Crippen LogP contribution in [0, 0.1) is 5.92 Å². The first-order valence-corrected chi connectivity index (χ1v) is 7.78. The number of hydrogen-bond acceptors (Lipinski definition) is 3. The number of hydrogen-bond donors (Lipinski definition) is 1. The highest BCUT2D eigenvalue weighted by Crippen LogP contribution is 2.33. The molecule has 1 saturated carbocycles. The molecule has 2 N–H and O–H groups in total. The third-order valence-electron chi connectivity index (χ3n) is 4.33. The molecule has 1 aliphatic rings. The van der Waals surface area contributed by atoms with E-state index in [1.54, 1.807) is 0 Å². The van der Waals surface area contributed by atoms with E-state index < -0.39 is 0 Å². The lowest BCUT2D eigenvalue weighted by molar-refractivity contribution is 0.243. The molecule has 0 bridgehead atoms. The Kier molecular flexibility index (Phi) is 4.79. The highest BCUT2D eigenvalue weighted by molar-refractivity contribution is 5.62. The van der Waals surface area contributed by atoms with Gasteiger partial charge in [-0.1, -0.05) is 19.8 Å². The van der Waals surface area contributed by atoms with Crippen molar-refractivity contribution >= 4 is 11.4 Å². The second kappa shape index (κ2) is 6.38. The van der Waals surface area contributed by atoms with E-state index in [2.05, 4.69) is 31.0 Å². The van der Waals surface area contributed by atoms with E-state index in [4.69, 9.17) is 10.5 Å². The molecule has 0 radical (unpaired) electrons. The predicted molar refractivity (Wildman–Crippen MR) is 86.4 cm³/mol. The normalized spacial score (nSPS) is 22.9. The molecule has 20 heavy (non-hydrogen) atoms. The van der Waals surface area contributed by atoms with E-state index in [0.29, 0.717) is 11.7 Å². The second-order valence-electron chi connectivity index (χ2n) is 6.33. The van der Waals surface area contributed by atoms with Crippen molar-refractivity contribution < 1.29 is 4.74 Å². The van der Waals surface area contributed by atoms with Crippen molar-refractivity contribution in [3.63, 3.8) is 0 Å². The van der Waals surface area contributed by atoms with Gasteiger partial charge in [-0.3, -0.25) is 0 Å². The van der Waals surface area contributed by atoms with Crippen LogP contribution >= 0.6 is 0 Å². The fourth-order valence-corrected chi connectivity index (χ4v) is 3.16.